The summed E-state index contributed by atoms with van der Waals surface area (Å²) in [4.78, 5) is 4.89. The second-order valence-electron chi connectivity index (χ2n) is 6.68. The molecule has 1 atom stereocenters. The summed E-state index contributed by atoms with van der Waals surface area (Å²) in [6, 6.07) is 0. The van der Waals surface area contributed by atoms with Crippen LogP contribution in [0.4, 0.5) is 0 Å². The lowest BCUT2D eigenvalue weighted by Gasteiger charge is -2.24. The molecule has 1 aliphatic rings. The minimum Gasteiger partial charge on any atom is -0.384 e. The van der Waals surface area contributed by atoms with Gasteiger partial charge < -0.3 is 14.6 Å². The SMILES string of the molecule is COCC(C)Cn1c(C(C)(C)C)nc2c1CCNC2. The number of rotatable bonds is 4. The van der Waals surface area contributed by atoms with Crippen LogP contribution in [0.5, 0.6) is 0 Å². The molecule has 1 aromatic rings. The summed E-state index contributed by atoms with van der Waals surface area (Å²) in [7, 11) is 1.77. The molecule has 2 heterocycles. The number of hydrogen-bond donors (Lipinski definition) is 1. The standard InChI is InChI=1S/C15H27N3O/c1-11(10-19-5)9-18-13-6-7-16-8-12(13)17-14(18)15(2,3)4/h11,16H,6-10H2,1-5H3. The van der Waals surface area contributed by atoms with Crippen LogP contribution in [0.3, 0.4) is 0 Å². The van der Waals surface area contributed by atoms with Gasteiger partial charge in [-0.25, -0.2) is 4.98 Å². The Morgan fingerprint density at radius 2 is 2.16 bits per heavy atom. The molecule has 0 fully saturated rings. The molecule has 0 saturated heterocycles. The summed E-state index contributed by atoms with van der Waals surface area (Å²) in [5.74, 6) is 1.73. The van der Waals surface area contributed by atoms with Gasteiger partial charge in [0, 0.05) is 44.3 Å². The third-order valence-electron chi connectivity index (χ3n) is 3.60. The quantitative estimate of drug-likeness (QED) is 0.906. The van der Waals surface area contributed by atoms with E-state index in [0.717, 1.165) is 32.7 Å². The molecule has 0 amide bonds. The van der Waals surface area contributed by atoms with E-state index in [4.69, 9.17) is 9.72 Å². The van der Waals surface area contributed by atoms with E-state index < -0.39 is 0 Å². The summed E-state index contributed by atoms with van der Waals surface area (Å²) in [5.41, 5.74) is 2.75. The van der Waals surface area contributed by atoms with Crippen molar-refractivity contribution in [3.8, 4) is 0 Å². The number of imidazole rings is 1. The number of ether oxygens (including phenoxy) is 1. The number of fused-ring (bicyclic) bond motifs is 1. The van der Waals surface area contributed by atoms with Crippen LogP contribution in [0.15, 0.2) is 0 Å². The van der Waals surface area contributed by atoms with Crippen molar-refractivity contribution in [2.45, 2.75) is 52.6 Å². The zero-order chi connectivity index (χ0) is 14.0. The van der Waals surface area contributed by atoms with Crippen molar-refractivity contribution in [1.29, 1.82) is 0 Å². The van der Waals surface area contributed by atoms with Crippen molar-refractivity contribution in [1.82, 2.24) is 14.9 Å². The van der Waals surface area contributed by atoms with Gasteiger partial charge in [-0.3, -0.25) is 0 Å². The minimum atomic E-state index is 0.0874. The van der Waals surface area contributed by atoms with Gasteiger partial charge in [0.1, 0.15) is 5.82 Å². The molecule has 0 aromatic carbocycles. The first-order chi connectivity index (χ1) is 8.93. The maximum Gasteiger partial charge on any atom is 0.114 e. The van der Waals surface area contributed by atoms with Crippen molar-refractivity contribution in [2.75, 3.05) is 20.3 Å². The average molecular weight is 265 g/mol. The predicted molar refractivity (Wildman–Crippen MR) is 77.4 cm³/mol. The maximum absolute atomic E-state index is 5.28. The molecule has 19 heavy (non-hydrogen) atoms. The van der Waals surface area contributed by atoms with Gasteiger partial charge in [0.2, 0.25) is 0 Å². The number of nitrogens with zero attached hydrogens (tertiary/aromatic N) is 2. The highest BCUT2D eigenvalue weighted by Crippen LogP contribution is 2.27. The third-order valence-corrected chi connectivity index (χ3v) is 3.60. The van der Waals surface area contributed by atoms with Gasteiger partial charge >= 0.3 is 0 Å². The number of aromatic nitrogens is 2. The van der Waals surface area contributed by atoms with E-state index in [1.165, 1.54) is 17.2 Å². The fourth-order valence-electron chi connectivity index (χ4n) is 2.79. The van der Waals surface area contributed by atoms with Crippen LogP contribution >= 0.6 is 0 Å². The van der Waals surface area contributed by atoms with Crippen molar-refractivity contribution in [3.05, 3.63) is 17.2 Å². The zero-order valence-corrected chi connectivity index (χ0v) is 12.9. The van der Waals surface area contributed by atoms with Gasteiger partial charge in [-0.15, -0.1) is 0 Å². The molecule has 1 aliphatic heterocycles. The van der Waals surface area contributed by atoms with Gasteiger partial charge in [0.15, 0.2) is 0 Å². The van der Waals surface area contributed by atoms with E-state index in [9.17, 15) is 0 Å². The van der Waals surface area contributed by atoms with E-state index in [2.05, 4.69) is 37.6 Å². The highest BCUT2D eigenvalue weighted by molar-refractivity contribution is 5.23. The molecule has 0 bridgehead atoms. The zero-order valence-electron chi connectivity index (χ0n) is 12.9. The van der Waals surface area contributed by atoms with Gasteiger partial charge in [0.25, 0.3) is 0 Å². The Labute approximate surface area is 116 Å². The fourth-order valence-corrected chi connectivity index (χ4v) is 2.79. The highest BCUT2D eigenvalue weighted by Gasteiger charge is 2.27. The van der Waals surface area contributed by atoms with Crippen molar-refractivity contribution < 1.29 is 4.74 Å². The van der Waals surface area contributed by atoms with Gasteiger partial charge in [-0.05, 0) is 5.92 Å². The minimum absolute atomic E-state index is 0.0874. The second-order valence-corrected chi connectivity index (χ2v) is 6.68. The predicted octanol–water partition coefficient (Wildman–Crippen LogP) is 2.11. The molecule has 2 rings (SSSR count). The lowest BCUT2D eigenvalue weighted by Crippen LogP contribution is -2.27. The lowest BCUT2D eigenvalue weighted by molar-refractivity contribution is 0.150. The van der Waals surface area contributed by atoms with Crippen LogP contribution in [-0.4, -0.2) is 29.8 Å². The van der Waals surface area contributed by atoms with Crippen LogP contribution in [0, 0.1) is 5.92 Å². The summed E-state index contributed by atoms with van der Waals surface area (Å²) >= 11 is 0. The topological polar surface area (TPSA) is 39.1 Å². The van der Waals surface area contributed by atoms with E-state index in [1.54, 1.807) is 7.11 Å². The van der Waals surface area contributed by atoms with Crippen molar-refractivity contribution in [2.24, 2.45) is 5.92 Å². The monoisotopic (exact) mass is 265 g/mol. The van der Waals surface area contributed by atoms with Crippen molar-refractivity contribution in [3.63, 3.8) is 0 Å². The fraction of sp³-hybridized carbons (Fsp3) is 0.800. The smallest absolute Gasteiger partial charge is 0.114 e. The summed E-state index contributed by atoms with van der Waals surface area (Å²) in [6.45, 7) is 12.7. The molecule has 0 radical (unpaired) electrons. The van der Waals surface area contributed by atoms with Gasteiger partial charge in [-0.2, -0.15) is 0 Å². The Morgan fingerprint density at radius 1 is 1.42 bits per heavy atom. The summed E-state index contributed by atoms with van der Waals surface area (Å²) in [6.07, 6.45) is 1.08. The molecule has 0 aliphatic carbocycles. The molecule has 4 heteroatoms. The Hall–Kier alpha value is -0.870. The first-order valence-corrected chi connectivity index (χ1v) is 7.22. The maximum atomic E-state index is 5.28. The lowest BCUT2D eigenvalue weighted by atomic mass is 9.95. The Balaban J connectivity index is 2.35. The largest absolute Gasteiger partial charge is 0.384 e. The Bertz CT molecular complexity index is 431. The van der Waals surface area contributed by atoms with E-state index in [-0.39, 0.29) is 5.41 Å². The molecular weight excluding hydrogens is 238 g/mol. The molecule has 4 nitrogen and oxygen atoms in total. The summed E-state index contributed by atoms with van der Waals surface area (Å²) in [5, 5.41) is 3.41. The van der Waals surface area contributed by atoms with E-state index in [1.807, 2.05) is 0 Å². The van der Waals surface area contributed by atoms with Crippen LogP contribution < -0.4 is 5.32 Å². The van der Waals surface area contributed by atoms with Crippen LogP contribution in [0.2, 0.25) is 0 Å². The first-order valence-electron chi connectivity index (χ1n) is 7.22. The number of methoxy groups -OCH3 is 1. The normalized spacial score (nSPS) is 17.3. The second kappa shape index (κ2) is 5.63. The molecule has 1 aromatic heterocycles. The molecular formula is C15H27N3O. The third kappa shape index (κ3) is 3.18. The van der Waals surface area contributed by atoms with Crippen molar-refractivity contribution >= 4 is 0 Å². The average Bonchev–Trinajstić information content (AvgIpc) is 2.69. The number of nitrogens with one attached hydrogen (secondary N) is 1. The highest BCUT2D eigenvalue weighted by atomic mass is 16.5. The van der Waals surface area contributed by atoms with E-state index >= 15 is 0 Å². The van der Waals surface area contributed by atoms with Gasteiger partial charge in [-0.1, -0.05) is 27.7 Å². The number of hydrogen-bond acceptors (Lipinski definition) is 3. The van der Waals surface area contributed by atoms with Crippen LogP contribution in [0.1, 0.15) is 44.9 Å². The van der Waals surface area contributed by atoms with Crippen LogP contribution in [-0.2, 0) is 29.7 Å². The van der Waals surface area contributed by atoms with Crippen LogP contribution in [0.25, 0.3) is 0 Å². The molecule has 1 unspecified atom stereocenters. The molecule has 0 saturated carbocycles. The summed E-state index contributed by atoms with van der Waals surface area (Å²) < 4.78 is 7.72. The molecule has 108 valence electrons. The molecule has 1 N–H and O–H groups in total. The first kappa shape index (κ1) is 14.5. The Kier molecular flexibility index (Phi) is 4.31. The molecule has 0 spiro atoms. The Morgan fingerprint density at radius 3 is 2.79 bits per heavy atom. The van der Waals surface area contributed by atoms with Gasteiger partial charge in [0.05, 0.1) is 12.3 Å². The van der Waals surface area contributed by atoms with E-state index in [0.29, 0.717) is 5.92 Å².